The van der Waals surface area contributed by atoms with Gasteiger partial charge in [0.25, 0.3) is 0 Å². The summed E-state index contributed by atoms with van der Waals surface area (Å²) in [6.45, 7) is 1.99. The summed E-state index contributed by atoms with van der Waals surface area (Å²) >= 11 is 6.00. The number of halogens is 4. The lowest BCUT2D eigenvalue weighted by Gasteiger charge is -2.31. The van der Waals surface area contributed by atoms with E-state index < -0.39 is 12.1 Å². The van der Waals surface area contributed by atoms with Gasteiger partial charge < -0.3 is 20.6 Å². The second-order valence-corrected chi connectivity index (χ2v) is 10.1. The fraction of sp³-hybridized carbons (Fsp3) is 0.520. The zero-order valence-corrected chi connectivity index (χ0v) is 21.7. The van der Waals surface area contributed by atoms with E-state index in [4.69, 9.17) is 21.5 Å². The van der Waals surface area contributed by atoms with E-state index in [0.717, 1.165) is 55.6 Å². The maximum absolute atomic E-state index is 13.0. The van der Waals surface area contributed by atoms with Gasteiger partial charge in [-0.1, -0.05) is 23.7 Å². The number of aryl methyl sites for hydroxylation is 1. The highest BCUT2D eigenvalue weighted by molar-refractivity contribution is 6.30. The van der Waals surface area contributed by atoms with Crippen LogP contribution in [-0.2, 0) is 15.0 Å². The summed E-state index contributed by atoms with van der Waals surface area (Å²) in [5.74, 6) is -1.000. The molecule has 0 spiro atoms. The molecule has 1 amide bonds. The highest BCUT2D eigenvalue weighted by atomic mass is 35.5. The standard InChI is InChI=1S/C23H30ClN5O.C2HF3O2/c1-15-14-20(29(2)3)28-22(25-15)27-19-10-8-18(9-11-19)26-21(30)23(12-13-23)16-4-6-17(24)7-5-16;3-2(4,5)1(6)7/h4-7,14,18-19H,8-13H2,1-3H3,(H,26,30)(H,25,27,28);(H,6,7)/t18-,19+;. The van der Waals surface area contributed by atoms with Crippen molar-refractivity contribution < 1.29 is 27.9 Å². The summed E-state index contributed by atoms with van der Waals surface area (Å²) in [5.41, 5.74) is 1.68. The number of aliphatic carboxylic acids is 1. The molecule has 0 aliphatic heterocycles. The van der Waals surface area contributed by atoms with Crippen LogP contribution in [0.3, 0.4) is 0 Å². The average Bonchev–Trinajstić information content (AvgIpc) is 3.62. The molecule has 3 N–H and O–H groups in total. The molecule has 0 bridgehead atoms. The number of carbonyl (C=O) groups excluding carboxylic acids is 1. The van der Waals surface area contributed by atoms with Gasteiger partial charge in [-0.25, -0.2) is 9.78 Å². The highest BCUT2D eigenvalue weighted by Crippen LogP contribution is 2.48. The van der Waals surface area contributed by atoms with E-state index in [1.807, 2.05) is 56.3 Å². The smallest absolute Gasteiger partial charge is 0.475 e. The van der Waals surface area contributed by atoms with E-state index in [9.17, 15) is 18.0 Å². The van der Waals surface area contributed by atoms with Gasteiger partial charge in [0.2, 0.25) is 11.9 Å². The molecule has 202 valence electrons. The molecule has 2 saturated carbocycles. The summed E-state index contributed by atoms with van der Waals surface area (Å²) in [7, 11) is 3.96. The number of aromatic nitrogens is 2. The second-order valence-electron chi connectivity index (χ2n) is 9.64. The number of hydrogen-bond donors (Lipinski definition) is 3. The van der Waals surface area contributed by atoms with E-state index in [2.05, 4.69) is 20.6 Å². The normalized spacial score (nSPS) is 20.2. The molecule has 1 aromatic carbocycles. The molecule has 4 rings (SSSR count). The number of carboxylic acid groups (broad SMARTS) is 1. The van der Waals surface area contributed by atoms with Crippen molar-refractivity contribution in [2.75, 3.05) is 24.3 Å². The van der Waals surface area contributed by atoms with Crippen molar-refractivity contribution in [2.45, 2.75) is 69.1 Å². The number of benzene rings is 1. The molecule has 2 aromatic rings. The van der Waals surface area contributed by atoms with Crippen LogP contribution in [-0.4, -0.2) is 59.3 Å². The van der Waals surface area contributed by atoms with Crippen LogP contribution in [0.5, 0.6) is 0 Å². The highest BCUT2D eigenvalue weighted by Gasteiger charge is 2.51. The number of alkyl halides is 3. The van der Waals surface area contributed by atoms with Crippen LogP contribution < -0.4 is 15.5 Å². The molecular weight excluding hydrogens is 511 g/mol. The van der Waals surface area contributed by atoms with Gasteiger partial charge in [-0.15, -0.1) is 0 Å². The van der Waals surface area contributed by atoms with Gasteiger partial charge >= 0.3 is 12.1 Å². The SMILES string of the molecule is Cc1cc(N(C)C)nc(N[C@H]2CC[C@@H](NC(=O)C3(c4ccc(Cl)cc4)CC3)CC2)n1.O=C(O)C(F)(F)F. The minimum Gasteiger partial charge on any atom is -0.475 e. The van der Waals surface area contributed by atoms with Crippen LogP contribution in [0.25, 0.3) is 0 Å². The summed E-state index contributed by atoms with van der Waals surface area (Å²) in [5, 5.41) is 14.6. The van der Waals surface area contributed by atoms with Gasteiger partial charge in [0.1, 0.15) is 5.82 Å². The lowest BCUT2D eigenvalue weighted by atomic mass is 9.89. The molecule has 2 fully saturated rings. The minimum absolute atomic E-state index is 0.166. The topological polar surface area (TPSA) is 107 Å². The van der Waals surface area contributed by atoms with Gasteiger partial charge in [-0.2, -0.15) is 18.2 Å². The predicted molar refractivity (Wildman–Crippen MR) is 135 cm³/mol. The van der Waals surface area contributed by atoms with Crippen molar-refractivity contribution in [3.63, 3.8) is 0 Å². The molecule has 0 radical (unpaired) electrons. The van der Waals surface area contributed by atoms with Gasteiger partial charge in [-0.3, -0.25) is 4.79 Å². The first kappa shape index (κ1) is 28.5. The van der Waals surface area contributed by atoms with Crippen LogP contribution in [0.4, 0.5) is 24.9 Å². The number of carboxylic acids is 1. The third-order valence-corrected chi connectivity index (χ3v) is 6.77. The lowest BCUT2D eigenvalue weighted by Crippen LogP contribution is -2.44. The largest absolute Gasteiger partial charge is 0.490 e. The van der Waals surface area contributed by atoms with E-state index in [0.29, 0.717) is 17.0 Å². The number of carbonyl (C=O) groups is 2. The average molecular weight is 542 g/mol. The van der Waals surface area contributed by atoms with Crippen LogP contribution in [0.15, 0.2) is 30.3 Å². The van der Waals surface area contributed by atoms with E-state index in [1.165, 1.54) is 0 Å². The maximum Gasteiger partial charge on any atom is 0.490 e. The van der Waals surface area contributed by atoms with Crippen molar-refractivity contribution in [3.8, 4) is 0 Å². The molecule has 8 nitrogen and oxygen atoms in total. The number of amides is 1. The lowest BCUT2D eigenvalue weighted by molar-refractivity contribution is -0.192. The zero-order chi connectivity index (χ0) is 27.4. The molecule has 12 heteroatoms. The Labute approximate surface area is 218 Å². The van der Waals surface area contributed by atoms with Gasteiger partial charge in [-0.05, 0) is 63.1 Å². The van der Waals surface area contributed by atoms with Crippen molar-refractivity contribution in [1.29, 1.82) is 0 Å². The van der Waals surface area contributed by atoms with E-state index >= 15 is 0 Å². The van der Waals surface area contributed by atoms with E-state index in [1.54, 1.807) is 0 Å². The molecule has 1 aromatic heterocycles. The quantitative estimate of drug-likeness (QED) is 0.486. The summed E-state index contributed by atoms with van der Waals surface area (Å²) in [4.78, 5) is 33.0. The molecule has 1 heterocycles. The summed E-state index contributed by atoms with van der Waals surface area (Å²) in [6.07, 6.45) is 0.659. The zero-order valence-electron chi connectivity index (χ0n) is 20.9. The Morgan fingerprint density at radius 3 is 2.08 bits per heavy atom. The van der Waals surface area contributed by atoms with Crippen LogP contribution in [0, 0.1) is 6.92 Å². The van der Waals surface area contributed by atoms with Crippen LogP contribution >= 0.6 is 11.6 Å². The first-order valence-corrected chi connectivity index (χ1v) is 12.3. The number of anilines is 2. The Morgan fingerprint density at radius 1 is 1.05 bits per heavy atom. The second kappa shape index (κ2) is 11.5. The first-order chi connectivity index (χ1) is 17.3. The first-order valence-electron chi connectivity index (χ1n) is 12.0. The van der Waals surface area contributed by atoms with Crippen molar-refractivity contribution in [2.24, 2.45) is 0 Å². The number of nitrogens with one attached hydrogen (secondary N) is 2. The fourth-order valence-corrected chi connectivity index (χ4v) is 4.40. The third kappa shape index (κ3) is 7.70. The van der Waals surface area contributed by atoms with Gasteiger partial charge in [0, 0.05) is 43.0 Å². The molecule has 0 unspecified atom stereocenters. The Hall–Kier alpha value is -3.08. The van der Waals surface area contributed by atoms with Gasteiger partial charge in [0.05, 0.1) is 5.41 Å². The fourth-order valence-electron chi connectivity index (χ4n) is 4.27. The predicted octanol–water partition coefficient (Wildman–Crippen LogP) is 4.71. The number of nitrogens with zero attached hydrogens (tertiary/aromatic N) is 3. The monoisotopic (exact) mass is 541 g/mol. The molecule has 0 saturated heterocycles. The van der Waals surface area contributed by atoms with Crippen LogP contribution in [0.2, 0.25) is 5.02 Å². The third-order valence-electron chi connectivity index (χ3n) is 6.52. The maximum atomic E-state index is 13.0. The molecule has 0 atom stereocenters. The van der Waals surface area contributed by atoms with E-state index in [-0.39, 0.29) is 17.4 Å². The number of hydrogen-bond acceptors (Lipinski definition) is 6. The summed E-state index contributed by atoms with van der Waals surface area (Å²) < 4.78 is 31.7. The molecular formula is C25H31ClF3N5O3. The Bertz CT molecular complexity index is 1100. The number of rotatable bonds is 6. The Balaban J connectivity index is 0.000000479. The summed E-state index contributed by atoms with van der Waals surface area (Å²) in [6, 6.07) is 10.3. The minimum atomic E-state index is -5.08. The molecule has 2 aliphatic rings. The van der Waals surface area contributed by atoms with Gasteiger partial charge in [0.15, 0.2) is 0 Å². The Kier molecular flexibility index (Phi) is 8.88. The molecule has 37 heavy (non-hydrogen) atoms. The van der Waals surface area contributed by atoms with Crippen molar-refractivity contribution >= 4 is 35.2 Å². The van der Waals surface area contributed by atoms with Crippen molar-refractivity contribution in [3.05, 3.63) is 46.6 Å². The Morgan fingerprint density at radius 2 is 1.59 bits per heavy atom. The van der Waals surface area contributed by atoms with Crippen LogP contribution in [0.1, 0.15) is 49.8 Å². The van der Waals surface area contributed by atoms with Crippen molar-refractivity contribution in [1.82, 2.24) is 15.3 Å². The molecule has 2 aliphatic carbocycles.